The maximum atomic E-state index is 12.9. The van der Waals surface area contributed by atoms with E-state index in [0.29, 0.717) is 31.2 Å². The van der Waals surface area contributed by atoms with Crippen LogP contribution in [0.15, 0.2) is 35.2 Å². The van der Waals surface area contributed by atoms with Gasteiger partial charge in [0.25, 0.3) is 0 Å². The zero-order valence-corrected chi connectivity index (χ0v) is 17.7. The zero-order valence-electron chi connectivity index (χ0n) is 13.8. The Kier molecular flexibility index (Phi) is 5.97. The highest BCUT2D eigenvalue weighted by molar-refractivity contribution is 7.89. The SMILES string of the molecule is Cc1ccc(Cl)cc1N1CCN(S(=O)(=O)c2cc(Cl)c(Cl)cc2Cl)CC1. The van der Waals surface area contributed by atoms with E-state index in [1.807, 2.05) is 25.1 Å². The number of benzene rings is 2. The van der Waals surface area contributed by atoms with E-state index in [1.54, 1.807) is 0 Å². The molecule has 0 aliphatic carbocycles. The molecule has 140 valence electrons. The normalized spacial score (nSPS) is 16.1. The Bertz CT molecular complexity index is 942. The van der Waals surface area contributed by atoms with Gasteiger partial charge in [-0.25, -0.2) is 8.42 Å². The van der Waals surface area contributed by atoms with Crippen LogP contribution < -0.4 is 4.90 Å². The van der Waals surface area contributed by atoms with E-state index >= 15 is 0 Å². The third-order valence-corrected chi connectivity index (χ3v) is 7.66. The molecule has 26 heavy (non-hydrogen) atoms. The number of hydrogen-bond acceptors (Lipinski definition) is 3. The minimum absolute atomic E-state index is 0.0269. The largest absolute Gasteiger partial charge is 0.369 e. The summed E-state index contributed by atoms with van der Waals surface area (Å²) in [6, 6.07) is 8.35. The van der Waals surface area contributed by atoms with Crippen molar-refractivity contribution in [3.8, 4) is 0 Å². The fourth-order valence-corrected chi connectivity index (χ4v) is 5.50. The number of sulfonamides is 1. The van der Waals surface area contributed by atoms with Crippen molar-refractivity contribution in [3.05, 3.63) is 56.0 Å². The predicted octanol–water partition coefficient (Wildman–Crippen LogP) is 5.12. The Morgan fingerprint density at radius 1 is 0.846 bits per heavy atom. The molecule has 0 saturated carbocycles. The van der Waals surface area contributed by atoms with Crippen molar-refractivity contribution in [1.29, 1.82) is 0 Å². The summed E-state index contributed by atoms with van der Waals surface area (Å²) in [6.45, 7) is 3.79. The van der Waals surface area contributed by atoms with E-state index in [0.717, 1.165) is 11.3 Å². The molecule has 0 bridgehead atoms. The van der Waals surface area contributed by atoms with Crippen LogP contribution in [0.25, 0.3) is 0 Å². The molecule has 1 aliphatic heterocycles. The highest BCUT2D eigenvalue weighted by Crippen LogP contribution is 2.34. The average Bonchev–Trinajstić information content (AvgIpc) is 2.60. The van der Waals surface area contributed by atoms with Gasteiger partial charge < -0.3 is 4.90 Å². The molecule has 3 rings (SSSR count). The third kappa shape index (κ3) is 3.93. The summed E-state index contributed by atoms with van der Waals surface area (Å²) in [5.74, 6) is 0. The molecular formula is C17H16Cl4N2O2S. The van der Waals surface area contributed by atoms with Crippen molar-refractivity contribution in [3.63, 3.8) is 0 Å². The molecule has 1 aliphatic rings. The lowest BCUT2D eigenvalue weighted by Gasteiger charge is -2.36. The number of nitrogens with zero attached hydrogens (tertiary/aromatic N) is 2. The second-order valence-electron chi connectivity index (χ2n) is 6.02. The van der Waals surface area contributed by atoms with Crippen LogP contribution in [-0.2, 0) is 10.0 Å². The molecule has 0 spiro atoms. The molecule has 9 heteroatoms. The molecule has 0 atom stereocenters. The molecule has 0 N–H and O–H groups in total. The summed E-state index contributed by atoms with van der Waals surface area (Å²) < 4.78 is 27.3. The Balaban J connectivity index is 1.81. The van der Waals surface area contributed by atoms with Gasteiger partial charge in [-0.05, 0) is 36.8 Å². The van der Waals surface area contributed by atoms with Crippen molar-refractivity contribution < 1.29 is 8.42 Å². The van der Waals surface area contributed by atoms with E-state index in [2.05, 4.69) is 4.90 Å². The lowest BCUT2D eigenvalue weighted by atomic mass is 10.1. The summed E-state index contributed by atoms with van der Waals surface area (Å²) in [5, 5.41) is 1.09. The highest BCUT2D eigenvalue weighted by atomic mass is 35.5. The first-order chi connectivity index (χ1) is 12.2. The Hall–Kier alpha value is -0.690. The first kappa shape index (κ1) is 20.1. The van der Waals surface area contributed by atoms with Gasteiger partial charge in [0.05, 0.1) is 15.1 Å². The zero-order chi connectivity index (χ0) is 19.1. The molecule has 2 aromatic rings. The lowest BCUT2D eigenvalue weighted by molar-refractivity contribution is 0.385. The smallest absolute Gasteiger partial charge is 0.244 e. The number of anilines is 1. The summed E-state index contributed by atoms with van der Waals surface area (Å²) in [4.78, 5) is 2.10. The highest BCUT2D eigenvalue weighted by Gasteiger charge is 2.31. The molecule has 0 radical (unpaired) electrons. The molecule has 1 fully saturated rings. The van der Waals surface area contributed by atoms with E-state index in [9.17, 15) is 8.42 Å². The quantitative estimate of drug-likeness (QED) is 0.605. The van der Waals surface area contributed by atoms with Gasteiger partial charge in [0.1, 0.15) is 4.90 Å². The van der Waals surface area contributed by atoms with Gasteiger partial charge in [-0.15, -0.1) is 0 Å². The summed E-state index contributed by atoms with van der Waals surface area (Å²) in [5.41, 5.74) is 2.11. The Morgan fingerprint density at radius 2 is 1.46 bits per heavy atom. The van der Waals surface area contributed by atoms with E-state index in [4.69, 9.17) is 46.4 Å². The monoisotopic (exact) mass is 452 g/mol. The summed E-state index contributed by atoms with van der Waals surface area (Å²) in [6.07, 6.45) is 0. The number of rotatable bonds is 3. The van der Waals surface area contributed by atoms with Gasteiger partial charge >= 0.3 is 0 Å². The van der Waals surface area contributed by atoms with E-state index in [1.165, 1.54) is 16.4 Å². The maximum absolute atomic E-state index is 12.9. The van der Waals surface area contributed by atoms with Gasteiger partial charge in [0.2, 0.25) is 10.0 Å². The molecule has 0 aromatic heterocycles. The first-order valence-corrected chi connectivity index (χ1v) is 10.8. The number of piperazine rings is 1. The molecule has 1 heterocycles. The van der Waals surface area contributed by atoms with Gasteiger partial charge in [-0.3, -0.25) is 0 Å². The van der Waals surface area contributed by atoms with Gasteiger partial charge in [0, 0.05) is 36.9 Å². The van der Waals surface area contributed by atoms with Crippen LogP contribution in [0.3, 0.4) is 0 Å². The van der Waals surface area contributed by atoms with Crippen LogP contribution in [0.5, 0.6) is 0 Å². The average molecular weight is 454 g/mol. The molecule has 0 amide bonds. The van der Waals surface area contributed by atoms with Crippen LogP contribution in [-0.4, -0.2) is 38.9 Å². The van der Waals surface area contributed by atoms with Gasteiger partial charge in [0.15, 0.2) is 0 Å². The van der Waals surface area contributed by atoms with Crippen molar-refractivity contribution in [2.75, 3.05) is 31.1 Å². The van der Waals surface area contributed by atoms with Crippen molar-refractivity contribution >= 4 is 62.1 Å². The standard InChI is InChI=1S/C17H16Cl4N2O2S/c1-11-2-3-12(18)8-16(11)22-4-6-23(7-5-22)26(24,25)17-10-14(20)13(19)9-15(17)21/h2-3,8-10H,4-7H2,1H3. The Labute approximate surface area is 173 Å². The fourth-order valence-electron chi connectivity index (χ4n) is 2.93. The van der Waals surface area contributed by atoms with Gasteiger partial charge in [-0.2, -0.15) is 4.31 Å². The number of halogens is 4. The van der Waals surface area contributed by atoms with Crippen LogP contribution >= 0.6 is 46.4 Å². The topological polar surface area (TPSA) is 40.6 Å². The molecule has 0 unspecified atom stereocenters. The van der Waals surface area contributed by atoms with E-state index in [-0.39, 0.29) is 20.0 Å². The lowest BCUT2D eigenvalue weighted by Crippen LogP contribution is -2.48. The van der Waals surface area contributed by atoms with Crippen molar-refractivity contribution in [2.45, 2.75) is 11.8 Å². The van der Waals surface area contributed by atoms with Crippen LogP contribution in [0.2, 0.25) is 20.1 Å². The molecule has 2 aromatic carbocycles. The number of aryl methyl sites for hydroxylation is 1. The summed E-state index contributed by atoms with van der Waals surface area (Å²) in [7, 11) is -3.75. The first-order valence-electron chi connectivity index (χ1n) is 7.86. The van der Waals surface area contributed by atoms with Crippen molar-refractivity contribution in [1.82, 2.24) is 4.31 Å². The van der Waals surface area contributed by atoms with Crippen LogP contribution in [0.4, 0.5) is 5.69 Å². The fraction of sp³-hybridized carbons (Fsp3) is 0.294. The van der Waals surface area contributed by atoms with E-state index < -0.39 is 10.0 Å². The maximum Gasteiger partial charge on any atom is 0.244 e. The minimum atomic E-state index is -3.75. The Morgan fingerprint density at radius 3 is 2.12 bits per heavy atom. The second kappa shape index (κ2) is 7.74. The van der Waals surface area contributed by atoms with Gasteiger partial charge in [-0.1, -0.05) is 52.5 Å². The van der Waals surface area contributed by atoms with Crippen LogP contribution in [0.1, 0.15) is 5.56 Å². The molecule has 1 saturated heterocycles. The van der Waals surface area contributed by atoms with Crippen molar-refractivity contribution in [2.24, 2.45) is 0 Å². The minimum Gasteiger partial charge on any atom is -0.369 e. The molecular weight excluding hydrogens is 438 g/mol. The predicted molar refractivity (Wildman–Crippen MR) is 109 cm³/mol. The summed E-state index contributed by atoms with van der Waals surface area (Å²) >= 11 is 24.1. The van der Waals surface area contributed by atoms with Crippen LogP contribution in [0, 0.1) is 6.92 Å². The number of hydrogen-bond donors (Lipinski definition) is 0. The third-order valence-electron chi connectivity index (χ3n) is 4.34. The molecule has 4 nitrogen and oxygen atoms in total. The second-order valence-corrected chi connectivity index (χ2v) is 9.58.